The number of nitrogens with zero attached hydrogens (tertiary/aromatic N) is 4. The third-order valence-electron chi connectivity index (χ3n) is 5.43. The summed E-state index contributed by atoms with van der Waals surface area (Å²) in [6, 6.07) is -3.69. The van der Waals surface area contributed by atoms with Crippen LogP contribution in [0.2, 0.25) is 0 Å². The van der Waals surface area contributed by atoms with Crippen LogP contribution in [0, 0.1) is 0 Å². The van der Waals surface area contributed by atoms with Gasteiger partial charge in [-0.3, -0.25) is 38.8 Å². The Hall–Kier alpha value is -2.29. The molecule has 0 radical (unpaired) electrons. The third-order valence-corrected chi connectivity index (χ3v) is 5.43. The normalized spacial score (nSPS) is 20.9. The quantitative estimate of drug-likeness (QED) is 0.405. The standard InChI is InChI=1S/C19H31F3N4O7/c1-13(27)11-23-3-7-25(14(2)17(30)31)8-4-24(12-15(28)29)6-10-26(9-5-23)16(18(32)33)19(20,21)22/h14,16H,3-12H2,1-2H3,(H,28,29)(H,30,31)(H,32,33). The molecule has 1 heterocycles. The molecule has 14 heteroatoms. The van der Waals surface area contributed by atoms with E-state index in [1.165, 1.54) is 18.7 Å². The lowest BCUT2D eigenvalue weighted by atomic mass is 10.2. The minimum absolute atomic E-state index is 0.0498. The Labute approximate surface area is 189 Å². The van der Waals surface area contributed by atoms with Gasteiger partial charge in [0.05, 0.1) is 13.1 Å². The monoisotopic (exact) mass is 484 g/mol. The summed E-state index contributed by atoms with van der Waals surface area (Å²) in [5.41, 5.74) is 0. The van der Waals surface area contributed by atoms with E-state index in [9.17, 15) is 42.6 Å². The van der Waals surface area contributed by atoms with Gasteiger partial charge in [-0.05, 0) is 13.8 Å². The predicted octanol–water partition coefficient (Wildman–Crippen LogP) is -0.630. The number of ketones is 1. The summed E-state index contributed by atoms with van der Waals surface area (Å²) in [6.45, 7) is 1.74. The number of carboxylic acids is 3. The molecule has 1 saturated heterocycles. The van der Waals surface area contributed by atoms with E-state index in [2.05, 4.69) is 0 Å². The van der Waals surface area contributed by atoms with Crippen LogP contribution in [0.3, 0.4) is 0 Å². The van der Waals surface area contributed by atoms with Crippen molar-refractivity contribution in [2.45, 2.75) is 32.1 Å². The summed E-state index contributed by atoms with van der Waals surface area (Å²) in [4.78, 5) is 51.0. The Morgan fingerprint density at radius 1 is 0.758 bits per heavy atom. The van der Waals surface area contributed by atoms with E-state index in [-0.39, 0.29) is 64.7 Å². The van der Waals surface area contributed by atoms with E-state index in [0.717, 1.165) is 4.90 Å². The second-order valence-corrected chi connectivity index (χ2v) is 8.02. The highest BCUT2D eigenvalue weighted by Crippen LogP contribution is 2.25. The summed E-state index contributed by atoms with van der Waals surface area (Å²) in [5.74, 6) is -4.63. The second kappa shape index (κ2) is 12.8. The fourth-order valence-electron chi connectivity index (χ4n) is 3.65. The van der Waals surface area contributed by atoms with Gasteiger partial charge in [0.15, 0.2) is 0 Å². The first-order chi connectivity index (χ1) is 15.2. The minimum atomic E-state index is -5.06. The number of alkyl halides is 3. The molecule has 0 aromatic heterocycles. The summed E-state index contributed by atoms with van der Waals surface area (Å²) in [7, 11) is 0. The summed E-state index contributed by atoms with van der Waals surface area (Å²) in [5, 5.41) is 27.8. The number of Topliss-reactive ketones (excluding diaryl/α,β-unsaturated/α-hetero) is 1. The molecule has 2 unspecified atom stereocenters. The van der Waals surface area contributed by atoms with Crippen molar-refractivity contribution in [2.24, 2.45) is 0 Å². The van der Waals surface area contributed by atoms with Gasteiger partial charge in [0.2, 0.25) is 6.04 Å². The molecule has 3 N–H and O–H groups in total. The molecule has 33 heavy (non-hydrogen) atoms. The molecule has 0 amide bonds. The SMILES string of the molecule is CC(=O)CN1CCN(C(C)C(=O)O)CCN(CC(=O)O)CCN(C(C(=O)O)C(F)(F)F)CC1. The second-order valence-electron chi connectivity index (χ2n) is 8.02. The lowest BCUT2D eigenvalue weighted by molar-refractivity contribution is -0.200. The molecule has 0 aromatic rings. The van der Waals surface area contributed by atoms with Crippen molar-refractivity contribution in [3.63, 3.8) is 0 Å². The summed E-state index contributed by atoms with van der Waals surface area (Å²) < 4.78 is 40.5. The predicted molar refractivity (Wildman–Crippen MR) is 109 cm³/mol. The number of carboxylic acid groups (broad SMARTS) is 3. The molecule has 0 bridgehead atoms. The van der Waals surface area contributed by atoms with Gasteiger partial charge < -0.3 is 15.3 Å². The molecule has 0 aliphatic carbocycles. The van der Waals surface area contributed by atoms with Gasteiger partial charge in [-0.2, -0.15) is 13.2 Å². The molecule has 1 fully saturated rings. The van der Waals surface area contributed by atoms with Gasteiger partial charge >= 0.3 is 24.1 Å². The zero-order valence-corrected chi connectivity index (χ0v) is 18.6. The first-order valence-corrected chi connectivity index (χ1v) is 10.4. The molecule has 0 spiro atoms. The smallest absolute Gasteiger partial charge is 0.414 e. The number of hydrogen-bond donors (Lipinski definition) is 3. The average Bonchev–Trinajstić information content (AvgIpc) is 2.65. The van der Waals surface area contributed by atoms with E-state index in [1.807, 2.05) is 0 Å². The first-order valence-electron chi connectivity index (χ1n) is 10.4. The van der Waals surface area contributed by atoms with Gasteiger partial charge in [-0.15, -0.1) is 0 Å². The van der Waals surface area contributed by atoms with Gasteiger partial charge in [0.1, 0.15) is 11.8 Å². The number of hydrogen-bond acceptors (Lipinski definition) is 8. The molecule has 2 atom stereocenters. The first kappa shape index (κ1) is 28.7. The molecule has 1 rings (SSSR count). The molecule has 0 saturated carbocycles. The van der Waals surface area contributed by atoms with Gasteiger partial charge in [0.25, 0.3) is 0 Å². The van der Waals surface area contributed by atoms with Crippen LogP contribution in [0.25, 0.3) is 0 Å². The third kappa shape index (κ3) is 10.0. The molecule has 0 aromatic carbocycles. The van der Waals surface area contributed by atoms with Crippen molar-refractivity contribution < 1.29 is 47.7 Å². The fraction of sp³-hybridized carbons (Fsp3) is 0.789. The maximum Gasteiger partial charge on any atom is 0.414 e. The summed E-state index contributed by atoms with van der Waals surface area (Å²) in [6.07, 6.45) is -5.06. The molecule has 190 valence electrons. The van der Waals surface area contributed by atoms with Crippen LogP contribution in [0.4, 0.5) is 13.2 Å². The van der Waals surface area contributed by atoms with Crippen LogP contribution in [-0.4, -0.2) is 142 Å². The number of aliphatic carboxylic acids is 3. The van der Waals surface area contributed by atoms with Crippen molar-refractivity contribution in [2.75, 3.05) is 65.4 Å². The topological polar surface area (TPSA) is 142 Å². The Bertz CT molecular complexity index is 675. The van der Waals surface area contributed by atoms with E-state index >= 15 is 0 Å². The minimum Gasteiger partial charge on any atom is -0.480 e. The van der Waals surface area contributed by atoms with Crippen LogP contribution in [-0.2, 0) is 19.2 Å². The average molecular weight is 484 g/mol. The Balaban J connectivity index is 3.22. The van der Waals surface area contributed by atoms with Crippen molar-refractivity contribution in [3.8, 4) is 0 Å². The number of halogens is 3. The van der Waals surface area contributed by atoms with E-state index < -0.39 is 42.7 Å². The number of carbonyl (C=O) groups is 4. The number of rotatable bonds is 8. The Morgan fingerprint density at radius 2 is 1.18 bits per heavy atom. The molecular formula is C19H31F3N4O7. The zero-order chi connectivity index (χ0) is 25.3. The maximum absolute atomic E-state index is 13.5. The van der Waals surface area contributed by atoms with Crippen LogP contribution >= 0.6 is 0 Å². The summed E-state index contributed by atoms with van der Waals surface area (Å²) >= 11 is 0. The van der Waals surface area contributed by atoms with Gasteiger partial charge in [0, 0.05) is 52.4 Å². The van der Waals surface area contributed by atoms with Gasteiger partial charge in [-0.1, -0.05) is 0 Å². The molecule has 1 aliphatic heterocycles. The van der Waals surface area contributed by atoms with E-state index in [0.29, 0.717) is 0 Å². The molecule has 11 nitrogen and oxygen atoms in total. The fourth-order valence-corrected chi connectivity index (χ4v) is 3.65. The van der Waals surface area contributed by atoms with Crippen molar-refractivity contribution >= 4 is 23.7 Å². The van der Waals surface area contributed by atoms with Crippen LogP contribution in [0.15, 0.2) is 0 Å². The highest BCUT2D eigenvalue weighted by atomic mass is 19.4. The van der Waals surface area contributed by atoms with Crippen LogP contribution in [0.5, 0.6) is 0 Å². The number of carbonyl (C=O) groups excluding carboxylic acids is 1. The van der Waals surface area contributed by atoms with Crippen molar-refractivity contribution in [1.29, 1.82) is 0 Å². The van der Waals surface area contributed by atoms with Crippen LogP contribution < -0.4 is 0 Å². The van der Waals surface area contributed by atoms with E-state index in [4.69, 9.17) is 5.11 Å². The van der Waals surface area contributed by atoms with E-state index in [1.54, 1.807) is 9.80 Å². The highest BCUT2D eigenvalue weighted by Gasteiger charge is 2.49. The zero-order valence-electron chi connectivity index (χ0n) is 18.6. The lowest BCUT2D eigenvalue weighted by Gasteiger charge is -2.36. The lowest BCUT2D eigenvalue weighted by Crippen LogP contribution is -2.56. The maximum atomic E-state index is 13.5. The molecule has 1 aliphatic rings. The van der Waals surface area contributed by atoms with Crippen molar-refractivity contribution in [1.82, 2.24) is 19.6 Å². The highest BCUT2D eigenvalue weighted by molar-refractivity contribution is 5.77. The van der Waals surface area contributed by atoms with Crippen molar-refractivity contribution in [3.05, 3.63) is 0 Å². The molecular weight excluding hydrogens is 453 g/mol. The van der Waals surface area contributed by atoms with Crippen LogP contribution in [0.1, 0.15) is 13.8 Å². The Morgan fingerprint density at radius 3 is 1.52 bits per heavy atom. The van der Waals surface area contributed by atoms with Gasteiger partial charge in [-0.25, -0.2) is 0 Å². The largest absolute Gasteiger partial charge is 0.480 e. The Kier molecular flexibility index (Phi) is 11.2.